The molecule has 2 aromatic rings. The molecule has 0 aliphatic heterocycles. The third kappa shape index (κ3) is 2.67. The highest BCUT2D eigenvalue weighted by Crippen LogP contribution is 2.23. The third-order valence-electron chi connectivity index (χ3n) is 3.44. The van der Waals surface area contributed by atoms with Crippen LogP contribution in [0.2, 0.25) is 0 Å². The average Bonchev–Trinajstić information content (AvgIpc) is 2.73. The first-order valence-corrected chi connectivity index (χ1v) is 6.81. The van der Waals surface area contributed by atoms with Crippen molar-refractivity contribution in [2.75, 3.05) is 14.1 Å². The van der Waals surface area contributed by atoms with Crippen molar-refractivity contribution in [2.24, 2.45) is 0 Å². The van der Waals surface area contributed by atoms with Crippen LogP contribution < -0.4 is 0 Å². The fourth-order valence-electron chi connectivity index (χ4n) is 2.35. The summed E-state index contributed by atoms with van der Waals surface area (Å²) in [6, 6.07) is 5.43. The van der Waals surface area contributed by atoms with Crippen LogP contribution in [0.25, 0.3) is 11.0 Å². The number of benzene rings is 1. The van der Waals surface area contributed by atoms with Crippen LogP contribution in [-0.4, -0.2) is 39.6 Å². The number of rotatable bonds is 5. The standard InChI is InChI=1S/C15H21N3O2/c1-5-11-6-7-13-12(8-11)16-14(9-17(3)4)18(13)10(2)15(19)20/h6-8,10H,5,9H2,1-4H3,(H,19,20). The quantitative estimate of drug-likeness (QED) is 0.909. The summed E-state index contributed by atoms with van der Waals surface area (Å²) in [7, 11) is 3.90. The first-order chi connectivity index (χ1) is 9.43. The van der Waals surface area contributed by atoms with Crippen LogP contribution in [0.5, 0.6) is 0 Å². The third-order valence-corrected chi connectivity index (χ3v) is 3.44. The van der Waals surface area contributed by atoms with Crippen molar-refractivity contribution < 1.29 is 9.90 Å². The lowest BCUT2D eigenvalue weighted by molar-refractivity contribution is -0.140. The molecule has 0 fully saturated rings. The van der Waals surface area contributed by atoms with Gasteiger partial charge >= 0.3 is 5.97 Å². The van der Waals surface area contributed by atoms with Gasteiger partial charge in [0, 0.05) is 0 Å². The molecule has 0 spiro atoms. The predicted molar refractivity (Wildman–Crippen MR) is 78.8 cm³/mol. The summed E-state index contributed by atoms with van der Waals surface area (Å²) in [5.41, 5.74) is 2.96. The summed E-state index contributed by atoms with van der Waals surface area (Å²) in [6.45, 7) is 4.41. The van der Waals surface area contributed by atoms with E-state index >= 15 is 0 Å². The molecule has 1 heterocycles. The molecule has 0 bridgehead atoms. The minimum Gasteiger partial charge on any atom is -0.480 e. The lowest BCUT2D eigenvalue weighted by Gasteiger charge is -2.16. The molecule has 0 amide bonds. The van der Waals surface area contributed by atoms with Gasteiger partial charge in [-0.2, -0.15) is 0 Å². The molecule has 1 N–H and O–H groups in total. The first kappa shape index (κ1) is 14.5. The summed E-state index contributed by atoms with van der Waals surface area (Å²) in [5, 5.41) is 9.31. The minimum atomic E-state index is -0.844. The molecule has 0 aliphatic carbocycles. The van der Waals surface area contributed by atoms with E-state index in [4.69, 9.17) is 0 Å². The number of carboxylic acids is 1. The Morgan fingerprint density at radius 3 is 2.70 bits per heavy atom. The maximum atomic E-state index is 11.3. The zero-order chi connectivity index (χ0) is 14.9. The van der Waals surface area contributed by atoms with E-state index in [-0.39, 0.29) is 0 Å². The molecule has 1 aromatic heterocycles. The van der Waals surface area contributed by atoms with Crippen LogP contribution >= 0.6 is 0 Å². The van der Waals surface area contributed by atoms with Crippen LogP contribution in [-0.2, 0) is 17.8 Å². The second-order valence-corrected chi connectivity index (χ2v) is 5.33. The monoisotopic (exact) mass is 275 g/mol. The van der Waals surface area contributed by atoms with E-state index in [0.717, 1.165) is 23.3 Å². The van der Waals surface area contributed by atoms with Gasteiger partial charge in [0.2, 0.25) is 0 Å². The molecule has 108 valence electrons. The Labute approximate surface area is 118 Å². The van der Waals surface area contributed by atoms with E-state index < -0.39 is 12.0 Å². The smallest absolute Gasteiger partial charge is 0.326 e. The highest BCUT2D eigenvalue weighted by Gasteiger charge is 2.21. The summed E-state index contributed by atoms with van der Waals surface area (Å²) in [4.78, 5) is 18.0. The molecule has 5 nitrogen and oxygen atoms in total. The molecule has 0 saturated heterocycles. The molecule has 1 atom stereocenters. The number of hydrogen-bond acceptors (Lipinski definition) is 3. The second-order valence-electron chi connectivity index (χ2n) is 5.33. The van der Waals surface area contributed by atoms with Crippen molar-refractivity contribution >= 4 is 17.0 Å². The van der Waals surface area contributed by atoms with Crippen molar-refractivity contribution in [3.05, 3.63) is 29.6 Å². The number of fused-ring (bicyclic) bond motifs is 1. The number of carboxylic acid groups (broad SMARTS) is 1. The number of hydrogen-bond donors (Lipinski definition) is 1. The molecule has 0 aliphatic rings. The second kappa shape index (κ2) is 5.63. The van der Waals surface area contributed by atoms with Gasteiger partial charge in [-0.3, -0.25) is 0 Å². The predicted octanol–water partition coefficient (Wildman–Crippen LogP) is 2.31. The van der Waals surface area contributed by atoms with E-state index in [2.05, 4.69) is 11.9 Å². The Morgan fingerprint density at radius 1 is 1.45 bits per heavy atom. The molecule has 0 saturated carbocycles. The van der Waals surface area contributed by atoms with Gasteiger partial charge in [-0.05, 0) is 45.1 Å². The zero-order valence-corrected chi connectivity index (χ0v) is 12.4. The van der Waals surface area contributed by atoms with Crippen LogP contribution in [0.15, 0.2) is 18.2 Å². The Morgan fingerprint density at radius 2 is 2.15 bits per heavy atom. The van der Waals surface area contributed by atoms with Gasteiger partial charge in [-0.25, -0.2) is 9.78 Å². The van der Waals surface area contributed by atoms with Gasteiger partial charge in [-0.15, -0.1) is 0 Å². The normalized spacial score (nSPS) is 13.1. The van der Waals surface area contributed by atoms with E-state index in [1.165, 1.54) is 5.56 Å². The number of aromatic nitrogens is 2. The number of imidazole rings is 1. The SMILES string of the molecule is CCc1ccc2c(c1)nc(CN(C)C)n2C(C)C(=O)O. The maximum Gasteiger partial charge on any atom is 0.326 e. The summed E-state index contributed by atoms with van der Waals surface area (Å²) in [6.07, 6.45) is 0.945. The van der Waals surface area contributed by atoms with Crippen molar-refractivity contribution in [1.29, 1.82) is 0 Å². The van der Waals surface area contributed by atoms with Crippen LogP contribution in [0, 0.1) is 0 Å². The highest BCUT2D eigenvalue weighted by atomic mass is 16.4. The lowest BCUT2D eigenvalue weighted by Crippen LogP contribution is -2.21. The van der Waals surface area contributed by atoms with Gasteiger partial charge in [0.1, 0.15) is 11.9 Å². The van der Waals surface area contributed by atoms with E-state index in [0.29, 0.717) is 6.54 Å². The molecule has 1 aromatic carbocycles. The van der Waals surface area contributed by atoms with Crippen molar-refractivity contribution in [2.45, 2.75) is 32.9 Å². The minimum absolute atomic E-state index is 0.619. The van der Waals surface area contributed by atoms with Crippen LogP contribution in [0.1, 0.15) is 31.3 Å². The van der Waals surface area contributed by atoms with Gasteiger partial charge in [0.05, 0.1) is 17.6 Å². The fourth-order valence-corrected chi connectivity index (χ4v) is 2.35. The average molecular weight is 275 g/mol. The molecular weight excluding hydrogens is 254 g/mol. The van der Waals surface area contributed by atoms with Crippen molar-refractivity contribution in [3.63, 3.8) is 0 Å². The molecule has 20 heavy (non-hydrogen) atoms. The van der Waals surface area contributed by atoms with Gasteiger partial charge in [-0.1, -0.05) is 13.0 Å². The Balaban J connectivity index is 2.62. The van der Waals surface area contributed by atoms with Gasteiger partial charge in [0.25, 0.3) is 0 Å². The molecule has 5 heteroatoms. The highest BCUT2D eigenvalue weighted by molar-refractivity contribution is 5.80. The van der Waals surface area contributed by atoms with Crippen molar-refractivity contribution in [3.8, 4) is 0 Å². The molecule has 1 unspecified atom stereocenters. The summed E-state index contributed by atoms with van der Waals surface area (Å²) < 4.78 is 1.82. The van der Waals surface area contributed by atoms with Crippen molar-refractivity contribution in [1.82, 2.24) is 14.5 Å². The summed E-state index contributed by atoms with van der Waals surface area (Å²) in [5.74, 6) is -0.0583. The lowest BCUT2D eigenvalue weighted by atomic mass is 10.1. The summed E-state index contributed by atoms with van der Waals surface area (Å²) >= 11 is 0. The number of aryl methyl sites for hydroxylation is 1. The zero-order valence-electron chi connectivity index (χ0n) is 12.4. The number of nitrogens with zero attached hydrogens (tertiary/aromatic N) is 3. The van der Waals surface area contributed by atoms with E-state index in [9.17, 15) is 9.90 Å². The van der Waals surface area contributed by atoms with Gasteiger partial charge in [0.15, 0.2) is 0 Å². The number of aliphatic carboxylic acids is 1. The largest absolute Gasteiger partial charge is 0.480 e. The Bertz CT molecular complexity index is 631. The molecular formula is C15H21N3O2. The Hall–Kier alpha value is -1.88. The Kier molecular flexibility index (Phi) is 4.09. The maximum absolute atomic E-state index is 11.3. The fraction of sp³-hybridized carbons (Fsp3) is 0.467. The van der Waals surface area contributed by atoms with Crippen LogP contribution in [0.4, 0.5) is 0 Å². The number of carbonyl (C=O) groups is 1. The van der Waals surface area contributed by atoms with E-state index in [1.807, 2.05) is 41.8 Å². The van der Waals surface area contributed by atoms with E-state index in [1.54, 1.807) is 6.92 Å². The molecule has 2 rings (SSSR count). The van der Waals surface area contributed by atoms with Crippen LogP contribution in [0.3, 0.4) is 0 Å². The van der Waals surface area contributed by atoms with Gasteiger partial charge < -0.3 is 14.6 Å². The first-order valence-electron chi connectivity index (χ1n) is 6.81. The topological polar surface area (TPSA) is 58.4 Å². The molecule has 0 radical (unpaired) electrons.